The van der Waals surface area contributed by atoms with E-state index in [0.717, 1.165) is 0 Å². The molecule has 82 valence electrons. The summed E-state index contributed by atoms with van der Waals surface area (Å²) in [5.74, 6) is -0.824. The van der Waals surface area contributed by atoms with Gasteiger partial charge in [-0.05, 0) is 22.0 Å². The predicted octanol–water partition coefficient (Wildman–Crippen LogP) is 1.46. The molecule has 0 fully saturated rings. The average molecular weight is 276 g/mol. The maximum atomic E-state index is 13.0. The lowest BCUT2D eigenvalue weighted by Gasteiger charge is -2.09. The van der Waals surface area contributed by atoms with Crippen LogP contribution in [0.25, 0.3) is 0 Å². The van der Waals surface area contributed by atoms with Crippen molar-refractivity contribution >= 4 is 33.2 Å². The number of nitrogens with two attached hydrogens (primary N) is 2. The van der Waals surface area contributed by atoms with Gasteiger partial charge in [-0.15, -0.1) is 0 Å². The third-order valence-corrected chi connectivity index (χ3v) is 2.39. The molecule has 0 aliphatic carbocycles. The van der Waals surface area contributed by atoms with E-state index in [1.54, 1.807) is 0 Å². The van der Waals surface area contributed by atoms with Crippen molar-refractivity contribution in [2.24, 2.45) is 5.73 Å². The van der Waals surface area contributed by atoms with Crippen molar-refractivity contribution in [1.82, 2.24) is 0 Å². The fraction of sp³-hybridized carbons (Fsp3) is 0.222. The van der Waals surface area contributed by atoms with E-state index in [4.69, 9.17) is 11.5 Å². The molecule has 0 atom stereocenters. The molecule has 0 bridgehead atoms. The van der Waals surface area contributed by atoms with Crippen LogP contribution in [0.1, 0.15) is 6.42 Å². The molecule has 0 unspecified atom stereocenters. The molecular formula is C9H11BrFN3O. The van der Waals surface area contributed by atoms with Crippen LogP contribution in [-0.4, -0.2) is 12.5 Å². The Morgan fingerprint density at radius 3 is 2.80 bits per heavy atom. The summed E-state index contributed by atoms with van der Waals surface area (Å²) in [5.41, 5.74) is 11.4. The van der Waals surface area contributed by atoms with Crippen molar-refractivity contribution < 1.29 is 9.18 Å². The Balaban J connectivity index is 2.69. The van der Waals surface area contributed by atoms with Crippen molar-refractivity contribution in [2.45, 2.75) is 6.42 Å². The van der Waals surface area contributed by atoms with Crippen LogP contribution in [0.15, 0.2) is 16.6 Å². The zero-order chi connectivity index (χ0) is 11.4. The van der Waals surface area contributed by atoms with Gasteiger partial charge in [0.2, 0.25) is 5.91 Å². The summed E-state index contributed by atoms with van der Waals surface area (Å²) in [6.07, 6.45) is 0.203. The lowest BCUT2D eigenvalue weighted by Crippen LogP contribution is -2.16. The number of primary amides is 1. The molecule has 1 aromatic carbocycles. The minimum atomic E-state index is -0.423. The van der Waals surface area contributed by atoms with E-state index in [1.165, 1.54) is 12.1 Å². The smallest absolute Gasteiger partial charge is 0.219 e. The molecule has 4 nitrogen and oxygen atoms in total. The lowest BCUT2D eigenvalue weighted by molar-refractivity contribution is -0.117. The Hall–Kier alpha value is -1.30. The molecule has 0 aliphatic heterocycles. The highest BCUT2D eigenvalue weighted by molar-refractivity contribution is 9.10. The molecule has 0 saturated carbocycles. The molecule has 0 radical (unpaired) electrons. The van der Waals surface area contributed by atoms with Crippen molar-refractivity contribution in [1.29, 1.82) is 0 Å². The van der Waals surface area contributed by atoms with Crippen LogP contribution in [0.2, 0.25) is 0 Å². The van der Waals surface area contributed by atoms with Crippen LogP contribution in [-0.2, 0) is 4.79 Å². The number of amides is 1. The number of hydrogen-bond donors (Lipinski definition) is 3. The van der Waals surface area contributed by atoms with Crippen molar-refractivity contribution in [2.75, 3.05) is 17.6 Å². The zero-order valence-electron chi connectivity index (χ0n) is 7.89. The molecule has 15 heavy (non-hydrogen) atoms. The monoisotopic (exact) mass is 275 g/mol. The number of carbonyl (C=O) groups is 1. The van der Waals surface area contributed by atoms with Crippen LogP contribution >= 0.6 is 15.9 Å². The van der Waals surface area contributed by atoms with Crippen molar-refractivity contribution in [3.05, 3.63) is 22.4 Å². The minimum Gasteiger partial charge on any atom is -0.397 e. The van der Waals surface area contributed by atoms with E-state index in [2.05, 4.69) is 21.2 Å². The number of halogens is 2. The zero-order valence-corrected chi connectivity index (χ0v) is 9.47. The second-order valence-corrected chi connectivity index (χ2v) is 3.85. The number of rotatable bonds is 4. The second kappa shape index (κ2) is 4.97. The summed E-state index contributed by atoms with van der Waals surface area (Å²) in [6.45, 7) is 0.373. The number of benzene rings is 1. The Morgan fingerprint density at radius 1 is 1.53 bits per heavy atom. The average Bonchev–Trinajstić information content (AvgIpc) is 2.13. The Labute approximate surface area is 95.0 Å². The molecule has 0 spiro atoms. The predicted molar refractivity (Wildman–Crippen MR) is 60.8 cm³/mol. The van der Waals surface area contributed by atoms with Gasteiger partial charge in [0.15, 0.2) is 0 Å². The first-order chi connectivity index (χ1) is 7.00. The third kappa shape index (κ3) is 3.39. The van der Waals surface area contributed by atoms with E-state index in [-0.39, 0.29) is 6.42 Å². The maximum Gasteiger partial charge on any atom is 0.219 e. The van der Waals surface area contributed by atoms with E-state index in [1.807, 2.05) is 0 Å². The van der Waals surface area contributed by atoms with E-state index >= 15 is 0 Å². The second-order valence-electron chi connectivity index (χ2n) is 3.00. The number of nitrogens with one attached hydrogen (secondary N) is 1. The molecule has 6 heteroatoms. The van der Waals surface area contributed by atoms with Gasteiger partial charge in [0.25, 0.3) is 0 Å². The maximum absolute atomic E-state index is 13.0. The summed E-state index contributed by atoms with van der Waals surface area (Å²) >= 11 is 3.04. The van der Waals surface area contributed by atoms with Crippen molar-refractivity contribution in [3.8, 4) is 0 Å². The standard InChI is InChI=1S/C9H11BrFN3O/c10-5-3-8(7(12)4-6(5)11)14-2-1-9(13)15/h3-4,14H,1-2,12H2,(H2,13,15). The molecule has 0 heterocycles. The first-order valence-corrected chi connectivity index (χ1v) is 5.06. The highest BCUT2D eigenvalue weighted by Crippen LogP contribution is 2.26. The molecule has 1 amide bonds. The molecule has 1 aromatic rings. The van der Waals surface area contributed by atoms with Gasteiger partial charge >= 0.3 is 0 Å². The van der Waals surface area contributed by atoms with E-state index in [0.29, 0.717) is 22.4 Å². The lowest BCUT2D eigenvalue weighted by atomic mass is 10.2. The van der Waals surface area contributed by atoms with Gasteiger partial charge in [-0.25, -0.2) is 4.39 Å². The van der Waals surface area contributed by atoms with Crippen molar-refractivity contribution in [3.63, 3.8) is 0 Å². The fourth-order valence-corrected chi connectivity index (χ4v) is 1.38. The number of carbonyl (C=O) groups excluding carboxylic acids is 1. The topological polar surface area (TPSA) is 81.1 Å². The molecule has 5 N–H and O–H groups in total. The van der Waals surface area contributed by atoms with Crippen LogP contribution in [0.3, 0.4) is 0 Å². The van der Waals surface area contributed by atoms with Crippen LogP contribution < -0.4 is 16.8 Å². The first-order valence-electron chi connectivity index (χ1n) is 4.27. The number of hydrogen-bond acceptors (Lipinski definition) is 3. The van der Waals surface area contributed by atoms with Gasteiger partial charge < -0.3 is 16.8 Å². The van der Waals surface area contributed by atoms with Gasteiger partial charge in [-0.1, -0.05) is 0 Å². The summed E-state index contributed by atoms with van der Waals surface area (Å²) < 4.78 is 13.3. The number of nitrogen functional groups attached to an aromatic ring is 1. The molecule has 0 aliphatic rings. The van der Waals surface area contributed by atoms with Gasteiger partial charge in [0, 0.05) is 19.0 Å². The summed E-state index contributed by atoms with van der Waals surface area (Å²) in [6, 6.07) is 2.72. The SMILES string of the molecule is NC(=O)CCNc1cc(Br)c(F)cc1N. The molecule has 0 saturated heterocycles. The molecular weight excluding hydrogens is 265 g/mol. The molecule has 1 rings (SSSR count). The van der Waals surface area contributed by atoms with Gasteiger partial charge in [-0.3, -0.25) is 4.79 Å². The Bertz CT molecular complexity index is 384. The highest BCUT2D eigenvalue weighted by Gasteiger charge is 2.05. The summed E-state index contributed by atoms with van der Waals surface area (Å²) in [4.78, 5) is 10.5. The largest absolute Gasteiger partial charge is 0.397 e. The Morgan fingerprint density at radius 2 is 2.20 bits per heavy atom. The Kier molecular flexibility index (Phi) is 3.90. The van der Waals surface area contributed by atoms with Crippen LogP contribution in [0, 0.1) is 5.82 Å². The van der Waals surface area contributed by atoms with Crippen LogP contribution in [0.4, 0.5) is 15.8 Å². The van der Waals surface area contributed by atoms with E-state index in [9.17, 15) is 9.18 Å². The first kappa shape index (κ1) is 11.8. The number of anilines is 2. The van der Waals surface area contributed by atoms with Gasteiger partial charge in [-0.2, -0.15) is 0 Å². The van der Waals surface area contributed by atoms with E-state index < -0.39 is 11.7 Å². The summed E-state index contributed by atoms with van der Waals surface area (Å²) in [7, 11) is 0. The van der Waals surface area contributed by atoms with Gasteiger partial charge in [0.05, 0.1) is 15.8 Å². The third-order valence-electron chi connectivity index (χ3n) is 1.78. The quantitative estimate of drug-likeness (QED) is 0.728. The highest BCUT2D eigenvalue weighted by atomic mass is 79.9. The van der Waals surface area contributed by atoms with Gasteiger partial charge in [0.1, 0.15) is 5.82 Å². The summed E-state index contributed by atoms with van der Waals surface area (Å²) in [5, 5.41) is 2.89. The minimum absolute atomic E-state index is 0.203. The van der Waals surface area contributed by atoms with Crippen LogP contribution in [0.5, 0.6) is 0 Å². The molecule has 0 aromatic heterocycles. The fourth-order valence-electron chi connectivity index (χ4n) is 1.04. The normalized spacial score (nSPS) is 10.0.